The van der Waals surface area contributed by atoms with Crippen LogP contribution in [-0.4, -0.2) is 25.3 Å². The monoisotopic (exact) mass is 288 g/mol. The van der Waals surface area contributed by atoms with Crippen molar-refractivity contribution in [2.75, 3.05) is 18.4 Å². The van der Waals surface area contributed by atoms with E-state index in [1.54, 1.807) is 0 Å². The highest BCUT2D eigenvalue weighted by Crippen LogP contribution is 2.30. The van der Waals surface area contributed by atoms with Gasteiger partial charge < -0.3 is 10.1 Å². The van der Waals surface area contributed by atoms with Gasteiger partial charge in [-0.2, -0.15) is 13.2 Å². The van der Waals surface area contributed by atoms with Crippen molar-refractivity contribution in [1.82, 2.24) is 5.32 Å². The quantitative estimate of drug-likeness (QED) is 0.879. The Bertz CT molecular complexity index is 471. The number of ether oxygens (including phenoxy) is 1. The van der Waals surface area contributed by atoms with Gasteiger partial charge in [0.2, 0.25) is 0 Å². The minimum atomic E-state index is -4.44. The Morgan fingerprint density at radius 3 is 2.85 bits per heavy atom. The first-order valence-corrected chi connectivity index (χ1v) is 6.31. The highest BCUT2D eigenvalue weighted by Gasteiger charge is 2.30. The van der Waals surface area contributed by atoms with Gasteiger partial charge in [-0.3, -0.25) is 5.32 Å². The molecule has 1 atom stereocenters. The Morgan fingerprint density at radius 1 is 1.40 bits per heavy atom. The molecule has 1 fully saturated rings. The summed E-state index contributed by atoms with van der Waals surface area (Å²) in [5, 5.41) is 5.39. The molecule has 4 nitrogen and oxygen atoms in total. The van der Waals surface area contributed by atoms with E-state index in [2.05, 4.69) is 10.6 Å². The van der Waals surface area contributed by atoms with E-state index in [-0.39, 0.29) is 11.8 Å². The second-order valence-corrected chi connectivity index (χ2v) is 4.58. The molecule has 1 aromatic carbocycles. The highest BCUT2D eigenvalue weighted by molar-refractivity contribution is 5.84. The van der Waals surface area contributed by atoms with E-state index < -0.39 is 17.8 Å². The molecule has 20 heavy (non-hydrogen) atoms. The number of hydrogen-bond acceptors (Lipinski definition) is 3. The smallest absolute Gasteiger partial charge is 0.416 e. The van der Waals surface area contributed by atoms with Crippen LogP contribution in [0.2, 0.25) is 0 Å². The average molecular weight is 288 g/mol. The van der Waals surface area contributed by atoms with E-state index in [0.29, 0.717) is 6.54 Å². The van der Waals surface area contributed by atoms with E-state index >= 15 is 0 Å². The number of carbonyl (C=O) groups excluding carboxylic acids is 1. The standard InChI is InChI=1S/C13H15F3N2O2/c14-13(15,16)9-3-1-4-10(7-9)18-12(19)20-11-5-2-6-17-8-11/h1,3-4,7,11,17H,2,5-6,8H2,(H,18,19)/t11-/m0/s1. The predicted molar refractivity (Wildman–Crippen MR) is 67.4 cm³/mol. The summed E-state index contributed by atoms with van der Waals surface area (Å²) >= 11 is 0. The average Bonchev–Trinajstić information content (AvgIpc) is 2.39. The molecule has 1 saturated heterocycles. The Kier molecular flexibility index (Phi) is 4.49. The lowest BCUT2D eigenvalue weighted by atomic mass is 10.1. The molecule has 0 radical (unpaired) electrons. The molecule has 0 bridgehead atoms. The number of benzene rings is 1. The zero-order chi connectivity index (χ0) is 14.6. The summed E-state index contributed by atoms with van der Waals surface area (Å²) in [5.41, 5.74) is -0.747. The lowest BCUT2D eigenvalue weighted by Gasteiger charge is -2.22. The molecule has 2 rings (SSSR count). The number of rotatable bonds is 2. The maximum Gasteiger partial charge on any atom is 0.416 e. The third-order valence-electron chi connectivity index (χ3n) is 2.96. The van der Waals surface area contributed by atoms with E-state index in [1.165, 1.54) is 12.1 Å². The van der Waals surface area contributed by atoms with Crippen molar-refractivity contribution >= 4 is 11.8 Å². The molecule has 0 saturated carbocycles. The van der Waals surface area contributed by atoms with Crippen molar-refractivity contribution in [2.24, 2.45) is 0 Å². The second kappa shape index (κ2) is 6.13. The molecular formula is C13H15F3N2O2. The van der Waals surface area contributed by atoms with Gasteiger partial charge in [-0.05, 0) is 37.6 Å². The lowest BCUT2D eigenvalue weighted by Crippen LogP contribution is -2.37. The fourth-order valence-electron chi connectivity index (χ4n) is 1.99. The molecule has 110 valence electrons. The largest absolute Gasteiger partial charge is 0.445 e. The van der Waals surface area contributed by atoms with E-state index in [0.717, 1.165) is 31.5 Å². The van der Waals surface area contributed by atoms with Crippen molar-refractivity contribution in [3.05, 3.63) is 29.8 Å². The number of carbonyl (C=O) groups is 1. The first kappa shape index (κ1) is 14.6. The number of piperidine rings is 1. The molecule has 0 unspecified atom stereocenters. The van der Waals surface area contributed by atoms with Gasteiger partial charge in [-0.1, -0.05) is 6.07 Å². The normalized spacial score (nSPS) is 19.4. The molecular weight excluding hydrogens is 273 g/mol. The molecule has 0 spiro atoms. The number of anilines is 1. The van der Waals surface area contributed by atoms with Gasteiger partial charge in [0.05, 0.1) is 5.56 Å². The number of halogens is 3. The molecule has 1 aliphatic heterocycles. The minimum Gasteiger partial charge on any atom is -0.445 e. The van der Waals surface area contributed by atoms with Gasteiger partial charge in [-0.15, -0.1) is 0 Å². The van der Waals surface area contributed by atoms with Gasteiger partial charge in [-0.25, -0.2) is 4.79 Å². The van der Waals surface area contributed by atoms with Gasteiger partial charge in [0.1, 0.15) is 6.10 Å². The fraction of sp³-hybridized carbons (Fsp3) is 0.462. The number of amides is 1. The summed E-state index contributed by atoms with van der Waals surface area (Å²) in [4.78, 5) is 11.6. The maximum absolute atomic E-state index is 12.5. The summed E-state index contributed by atoms with van der Waals surface area (Å²) in [5.74, 6) is 0. The van der Waals surface area contributed by atoms with Gasteiger partial charge in [0.25, 0.3) is 0 Å². The SMILES string of the molecule is O=C(Nc1cccc(C(F)(F)F)c1)O[C@H]1CCCNC1. The molecule has 1 aromatic rings. The van der Waals surface area contributed by atoms with Gasteiger partial charge >= 0.3 is 12.3 Å². The second-order valence-electron chi connectivity index (χ2n) is 4.58. The minimum absolute atomic E-state index is 0.0635. The first-order valence-electron chi connectivity index (χ1n) is 6.31. The predicted octanol–water partition coefficient (Wildman–Crippen LogP) is 3.01. The molecule has 1 heterocycles. The van der Waals surface area contributed by atoms with Crippen LogP contribution in [0.3, 0.4) is 0 Å². The van der Waals surface area contributed by atoms with Crippen LogP contribution in [0.1, 0.15) is 18.4 Å². The van der Waals surface area contributed by atoms with Crippen LogP contribution in [0.4, 0.5) is 23.7 Å². The van der Waals surface area contributed by atoms with Crippen molar-refractivity contribution in [1.29, 1.82) is 0 Å². The van der Waals surface area contributed by atoms with E-state index in [9.17, 15) is 18.0 Å². The van der Waals surface area contributed by atoms with Crippen molar-refractivity contribution in [3.8, 4) is 0 Å². The van der Waals surface area contributed by atoms with Gasteiger partial charge in [0, 0.05) is 12.2 Å². The van der Waals surface area contributed by atoms with Crippen LogP contribution >= 0.6 is 0 Å². The summed E-state index contributed by atoms with van der Waals surface area (Å²) in [6.07, 6.45) is -3.76. The Balaban J connectivity index is 1.93. The Morgan fingerprint density at radius 2 is 2.20 bits per heavy atom. The number of nitrogens with one attached hydrogen (secondary N) is 2. The lowest BCUT2D eigenvalue weighted by molar-refractivity contribution is -0.137. The Labute approximate surface area is 114 Å². The van der Waals surface area contributed by atoms with Crippen LogP contribution in [0.25, 0.3) is 0 Å². The summed E-state index contributed by atoms with van der Waals surface area (Å²) in [6.45, 7) is 1.45. The fourth-order valence-corrected chi connectivity index (χ4v) is 1.99. The number of alkyl halides is 3. The molecule has 0 aliphatic carbocycles. The van der Waals surface area contributed by atoms with Crippen LogP contribution in [-0.2, 0) is 10.9 Å². The van der Waals surface area contributed by atoms with Crippen LogP contribution in [0.15, 0.2) is 24.3 Å². The zero-order valence-electron chi connectivity index (χ0n) is 10.7. The zero-order valence-corrected chi connectivity index (χ0v) is 10.7. The third kappa shape index (κ3) is 4.12. The summed E-state index contributed by atoms with van der Waals surface area (Å²) in [7, 11) is 0. The highest BCUT2D eigenvalue weighted by atomic mass is 19.4. The third-order valence-corrected chi connectivity index (χ3v) is 2.96. The molecule has 1 aliphatic rings. The topological polar surface area (TPSA) is 50.4 Å². The number of hydrogen-bond donors (Lipinski definition) is 2. The first-order chi connectivity index (χ1) is 9.45. The van der Waals surface area contributed by atoms with E-state index in [1.807, 2.05) is 0 Å². The van der Waals surface area contributed by atoms with Crippen molar-refractivity contribution < 1.29 is 22.7 Å². The van der Waals surface area contributed by atoms with Crippen LogP contribution in [0, 0.1) is 0 Å². The van der Waals surface area contributed by atoms with Crippen molar-refractivity contribution in [2.45, 2.75) is 25.1 Å². The summed E-state index contributed by atoms with van der Waals surface area (Å²) < 4.78 is 42.7. The molecule has 0 aromatic heterocycles. The molecule has 7 heteroatoms. The van der Waals surface area contributed by atoms with Crippen LogP contribution in [0.5, 0.6) is 0 Å². The van der Waals surface area contributed by atoms with E-state index in [4.69, 9.17) is 4.74 Å². The molecule has 1 amide bonds. The van der Waals surface area contributed by atoms with Crippen LogP contribution < -0.4 is 10.6 Å². The van der Waals surface area contributed by atoms with Gasteiger partial charge in [0.15, 0.2) is 0 Å². The Hall–Kier alpha value is -1.76. The summed E-state index contributed by atoms with van der Waals surface area (Å²) in [6, 6.07) is 4.44. The molecule has 2 N–H and O–H groups in total. The maximum atomic E-state index is 12.5. The van der Waals surface area contributed by atoms with Crippen molar-refractivity contribution in [3.63, 3.8) is 0 Å².